The van der Waals surface area contributed by atoms with Crippen molar-refractivity contribution in [2.45, 2.75) is 11.8 Å². The molecule has 112 valence electrons. The second-order valence-electron chi connectivity index (χ2n) is 4.33. The van der Waals surface area contributed by atoms with Gasteiger partial charge in [-0.05, 0) is 25.3 Å². The Morgan fingerprint density at radius 2 is 2.36 bits per heavy atom. The van der Waals surface area contributed by atoms with E-state index in [4.69, 9.17) is 4.52 Å². The fraction of sp³-hybridized carbons (Fsp3) is 0.133. The number of thioether (sulfide) groups is 1. The first kappa shape index (κ1) is 15.7. The number of aromatic nitrogens is 1. The van der Waals surface area contributed by atoms with E-state index >= 15 is 0 Å². The van der Waals surface area contributed by atoms with E-state index in [1.165, 1.54) is 24.0 Å². The first-order valence-corrected chi connectivity index (χ1v) is 7.45. The number of phenols is 1. The number of carbonyl (C=O) groups is 1. The Kier molecular flexibility index (Phi) is 4.53. The van der Waals surface area contributed by atoms with Crippen molar-refractivity contribution >= 4 is 23.4 Å². The van der Waals surface area contributed by atoms with Gasteiger partial charge in [-0.1, -0.05) is 11.7 Å². The van der Waals surface area contributed by atoms with E-state index in [1.54, 1.807) is 13.2 Å². The average molecular weight is 315 g/mol. The number of aryl methyl sites for hydroxylation is 1. The summed E-state index contributed by atoms with van der Waals surface area (Å²) in [6, 6.07) is 3.49. The molecule has 0 bridgehead atoms. The number of hydrogen-bond acceptors (Lipinski definition) is 6. The van der Waals surface area contributed by atoms with Gasteiger partial charge in [-0.25, -0.2) is 0 Å². The van der Waals surface area contributed by atoms with Crippen molar-refractivity contribution in [2.24, 2.45) is 0 Å². The minimum absolute atomic E-state index is 0.134. The summed E-state index contributed by atoms with van der Waals surface area (Å²) in [5, 5.41) is 26.0. The van der Waals surface area contributed by atoms with Gasteiger partial charge in [-0.3, -0.25) is 4.79 Å². The molecule has 2 aromatic rings. The number of hydrogen-bond donors (Lipinski definition) is 2. The van der Waals surface area contributed by atoms with Crippen LogP contribution in [0.1, 0.15) is 11.3 Å². The lowest BCUT2D eigenvalue weighted by Gasteiger charge is -2.15. The van der Waals surface area contributed by atoms with Crippen LogP contribution in [0.15, 0.2) is 34.3 Å². The minimum atomic E-state index is -0.482. The maximum Gasteiger partial charge on any atom is 0.247 e. The van der Waals surface area contributed by atoms with Crippen molar-refractivity contribution in [3.8, 4) is 22.9 Å². The number of nitrogens with zero attached hydrogens (tertiary/aromatic N) is 2. The fourth-order valence-corrected chi connectivity index (χ4v) is 2.75. The summed E-state index contributed by atoms with van der Waals surface area (Å²) in [7, 11) is 0. The number of nitriles is 1. The molecule has 0 saturated heterocycles. The third-order valence-electron chi connectivity index (χ3n) is 3.04. The SMILES string of the molecule is C=CC(=O)Nc1cc(C#N)c(SC)c(-c2cnoc2C)c1O. The molecule has 2 rings (SSSR count). The Morgan fingerprint density at radius 3 is 2.86 bits per heavy atom. The van der Waals surface area contributed by atoms with Gasteiger partial charge in [0.15, 0.2) is 0 Å². The highest BCUT2D eigenvalue weighted by Gasteiger charge is 2.22. The molecular weight excluding hydrogens is 302 g/mol. The third kappa shape index (κ3) is 2.69. The van der Waals surface area contributed by atoms with E-state index < -0.39 is 5.91 Å². The monoisotopic (exact) mass is 315 g/mol. The molecular formula is C15H13N3O3S. The molecule has 7 heteroatoms. The highest BCUT2D eigenvalue weighted by atomic mass is 32.2. The van der Waals surface area contributed by atoms with Gasteiger partial charge in [-0.2, -0.15) is 5.26 Å². The number of amides is 1. The van der Waals surface area contributed by atoms with Crippen LogP contribution in [0.4, 0.5) is 5.69 Å². The number of phenolic OH excluding ortho intramolecular Hbond substituents is 1. The van der Waals surface area contributed by atoms with Crippen LogP contribution in [0.2, 0.25) is 0 Å². The number of carbonyl (C=O) groups excluding carboxylic acids is 1. The molecule has 0 aliphatic rings. The lowest BCUT2D eigenvalue weighted by atomic mass is 10.0. The van der Waals surface area contributed by atoms with E-state index in [2.05, 4.69) is 23.1 Å². The van der Waals surface area contributed by atoms with Crippen LogP contribution in [0.5, 0.6) is 5.75 Å². The summed E-state index contributed by atoms with van der Waals surface area (Å²) >= 11 is 1.32. The molecule has 1 aromatic carbocycles. The number of rotatable bonds is 4. The molecule has 1 aromatic heterocycles. The van der Waals surface area contributed by atoms with E-state index in [0.29, 0.717) is 27.3 Å². The molecule has 0 radical (unpaired) electrons. The standard InChI is InChI=1S/C15H13N3O3S/c1-4-12(19)18-11-5-9(6-16)15(22-3)13(14(11)20)10-7-17-21-8(10)2/h4-5,7,20H,1H2,2-3H3,(H,18,19). The average Bonchev–Trinajstić information content (AvgIpc) is 2.94. The van der Waals surface area contributed by atoms with Crippen molar-refractivity contribution in [2.75, 3.05) is 11.6 Å². The molecule has 0 atom stereocenters. The van der Waals surface area contributed by atoms with Crippen molar-refractivity contribution < 1.29 is 14.4 Å². The molecule has 0 spiro atoms. The number of aromatic hydroxyl groups is 1. The summed E-state index contributed by atoms with van der Waals surface area (Å²) in [4.78, 5) is 12.1. The van der Waals surface area contributed by atoms with Gasteiger partial charge >= 0.3 is 0 Å². The highest BCUT2D eigenvalue weighted by Crippen LogP contribution is 2.45. The first-order chi connectivity index (χ1) is 10.5. The molecule has 0 fully saturated rings. The fourth-order valence-electron chi connectivity index (χ4n) is 2.02. The van der Waals surface area contributed by atoms with Gasteiger partial charge in [0.05, 0.1) is 17.4 Å². The summed E-state index contributed by atoms with van der Waals surface area (Å²) < 4.78 is 5.03. The van der Waals surface area contributed by atoms with Crippen LogP contribution in [0, 0.1) is 18.3 Å². The topological polar surface area (TPSA) is 99.2 Å². The number of anilines is 1. The van der Waals surface area contributed by atoms with E-state index in [0.717, 1.165) is 6.08 Å². The van der Waals surface area contributed by atoms with Gasteiger partial charge in [0.2, 0.25) is 5.91 Å². The van der Waals surface area contributed by atoms with Gasteiger partial charge in [-0.15, -0.1) is 11.8 Å². The van der Waals surface area contributed by atoms with Gasteiger partial charge < -0.3 is 14.9 Å². The Balaban J connectivity index is 2.76. The molecule has 1 heterocycles. The zero-order valence-electron chi connectivity index (χ0n) is 12.0. The van der Waals surface area contributed by atoms with Crippen LogP contribution in [0.3, 0.4) is 0 Å². The molecule has 6 nitrogen and oxygen atoms in total. The first-order valence-electron chi connectivity index (χ1n) is 6.22. The normalized spacial score (nSPS) is 10.0. The van der Waals surface area contributed by atoms with E-state index in [1.807, 2.05) is 0 Å². The molecule has 0 saturated carbocycles. The molecule has 1 amide bonds. The van der Waals surface area contributed by atoms with Gasteiger partial charge in [0.1, 0.15) is 17.6 Å². The molecule has 22 heavy (non-hydrogen) atoms. The van der Waals surface area contributed by atoms with Crippen LogP contribution in [-0.4, -0.2) is 22.4 Å². The predicted molar refractivity (Wildman–Crippen MR) is 83.7 cm³/mol. The van der Waals surface area contributed by atoms with Crippen LogP contribution < -0.4 is 5.32 Å². The Hall–Kier alpha value is -2.72. The maximum absolute atomic E-state index is 11.5. The van der Waals surface area contributed by atoms with E-state index in [9.17, 15) is 15.2 Å². The van der Waals surface area contributed by atoms with Crippen LogP contribution in [0.25, 0.3) is 11.1 Å². The summed E-state index contributed by atoms with van der Waals surface area (Å²) in [5.41, 5.74) is 1.44. The Bertz CT molecular complexity index is 790. The lowest BCUT2D eigenvalue weighted by molar-refractivity contribution is -0.111. The maximum atomic E-state index is 11.5. The smallest absolute Gasteiger partial charge is 0.247 e. The quantitative estimate of drug-likeness (QED) is 0.511. The number of nitrogens with one attached hydrogen (secondary N) is 1. The van der Waals surface area contributed by atoms with Gasteiger partial charge in [0.25, 0.3) is 0 Å². The number of benzene rings is 1. The Morgan fingerprint density at radius 1 is 1.64 bits per heavy atom. The molecule has 0 aliphatic heterocycles. The summed E-state index contributed by atoms with van der Waals surface area (Å²) in [5.74, 6) is -0.129. The molecule has 2 N–H and O–H groups in total. The van der Waals surface area contributed by atoms with E-state index in [-0.39, 0.29) is 11.4 Å². The van der Waals surface area contributed by atoms with Crippen LogP contribution in [-0.2, 0) is 4.79 Å². The highest BCUT2D eigenvalue weighted by molar-refractivity contribution is 7.98. The van der Waals surface area contributed by atoms with Crippen molar-refractivity contribution in [3.05, 3.63) is 36.2 Å². The zero-order chi connectivity index (χ0) is 16.3. The predicted octanol–water partition coefficient (Wildman–Crippen LogP) is 3.07. The zero-order valence-corrected chi connectivity index (χ0v) is 12.8. The second-order valence-corrected chi connectivity index (χ2v) is 5.15. The van der Waals surface area contributed by atoms with Crippen LogP contribution >= 0.6 is 11.8 Å². The van der Waals surface area contributed by atoms with Crippen molar-refractivity contribution in [1.82, 2.24) is 5.16 Å². The second kappa shape index (κ2) is 6.37. The van der Waals surface area contributed by atoms with Crippen molar-refractivity contribution in [1.29, 1.82) is 5.26 Å². The van der Waals surface area contributed by atoms with Crippen molar-refractivity contribution in [3.63, 3.8) is 0 Å². The molecule has 0 unspecified atom stereocenters. The lowest BCUT2D eigenvalue weighted by Crippen LogP contribution is -2.08. The minimum Gasteiger partial charge on any atom is -0.505 e. The molecule has 0 aliphatic carbocycles. The largest absolute Gasteiger partial charge is 0.505 e. The Labute approximate surface area is 131 Å². The third-order valence-corrected chi connectivity index (χ3v) is 3.87. The summed E-state index contributed by atoms with van der Waals surface area (Å²) in [6.45, 7) is 5.06. The summed E-state index contributed by atoms with van der Waals surface area (Å²) in [6.07, 6.45) is 4.34. The van der Waals surface area contributed by atoms with Gasteiger partial charge in [0, 0.05) is 16.0 Å².